The van der Waals surface area contributed by atoms with Crippen molar-refractivity contribution in [3.63, 3.8) is 0 Å². The van der Waals surface area contributed by atoms with Crippen LogP contribution in [-0.4, -0.2) is 4.57 Å². The van der Waals surface area contributed by atoms with Crippen LogP contribution in [0.1, 0.15) is 0 Å². The van der Waals surface area contributed by atoms with Gasteiger partial charge in [-0.2, -0.15) is 0 Å². The maximum Gasteiger partial charge on any atom is 0.0547 e. The predicted molar refractivity (Wildman–Crippen MR) is 137 cm³/mol. The van der Waals surface area contributed by atoms with E-state index in [2.05, 4.69) is 114 Å². The van der Waals surface area contributed by atoms with Gasteiger partial charge in [0, 0.05) is 21.5 Å². The first-order valence-corrected chi connectivity index (χ1v) is 11.1. The molecule has 1 heterocycles. The summed E-state index contributed by atoms with van der Waals surface area (Å²) in [4.78, 5) is 0. The first-order valence-electron chi connectivity index (χ1n) is 10.7. The molecule has 0 aliphatic carbocycles. The molecule has 2 heteroatoms. The van der Waals surface area contributed by atoms with Gasteiger partial charge >= 0.3 is 0 Å². The molecule has 6 aromatic rings. The fourth-order valence-electron chi connectivity index (χ4n) is 4.53. The number of halogens is 1. The lowest BCUT2D eigenvalue weighted by molar-refractivity contribution is 1.18. The second-order valence-electron chi connectivity index (χ2n) is 8.01. The van der Waals surface area contributed by atoms with E-state index in [-0.39, 0.29) is 0 Å². The number of hydrogen-bond acceptors (Lipinski definition) is 0. The Bertz CT molecular complexity index is 1560. The lowest BCUT2D eigenvalue weighted by Crippen LogP contribution is -1.94. The largest absolute Gasteiger partial charge is 0.309 e. The first-order chi connectivity index (χ1) is 15.8. The monoisotopic (exact) mass is 429 g/mol. The summed E-state index contributed by atoms with van der Waals surface area (Å²) in [6.07, 6.45) is 0. The summed E-state index contributed by atoms with van der Waals surface area (Å²) >= 11 is 6.11. The fraction of sp³-hybridized carbons (Fsp3) is 0. The minimum absolute atomic E-state index is 0.752. The van der Waals surface area contributed by atoms with Crippen LogP contribution in [-0.2, 0) is 0 Å². The molecule has 0 atom stereocenters. The maximum absolute atomic E-state index is 6.11. The molecule has 0 aliphatic heterocycles. The van der Waals surface area contributed by atoms with Gasteiger partial charge in [-0.05, 0) is 58.7 Å². The lowest BCUT2D eigenvalue weighted by atomic mass is 10.0. The number of rotatable bonds is 3. The summed E-state index contributed by atoms with van der Waals surface area (Å²) in [5.41, 5.74) is 8.33. The summed E-state index contributed by atoms with van der Waals surface area (Å²) in [5, 5.41) is 3.26. The van der Waals surface area contributed by atoms with Crippen molar-refractivity contribution in [3.05, 3.63) is 126 Å². The van der Waals surface area contributed by atoms with Crippen molar-refractivity contribution in [2.45, 2.75) is 0 Å². The molecule has 0 saturated carbocycles. The Morgan fingerprint density at radius 2 is 1.06 bits per heavy atom. The molecule has 0 aliphatic rings. The zero-order valence-electron chi connectivity index (χ0n) is 17.4. The highest BCUT2D eigenvalue weighted by Gasteiger charge is 2.13. The van der Waals surface area contributed by atoms with E-state index in [1.54, 1.807) is 0 Å². The third-order valence-electron chi connectivity index (χ3n) is 6.06. The molecule has 0 fully saturated rings. The van der Waals surface area contributed by atoms with Crippen LogP contribution in [0.25, 0.3) is 49.7 Å². The molecular weight excluding hydrogens is 410 g/mol. The van der Waals surface area contributed by atoms with E-state index in [9.17, 15) is 0 Å². The highest BCUT2D eigenvalue weighted by molar-refractivity contribution is 6.30. The normalized spacial score (nSPS) is 11.3. The van der Waals surface area contributed by atoms with Gasteiger partial charge in [0.2, 0.25) is 0 Å². The second kappa shape index (κ2) is 7.71. The highest BCUT2D eigenvalue weighted by Crippen LogP contribution is 2.35. The predicted octanol–water partition coefficient (Wildman–Crippen LogP) is 8.77. The van der Waals surface area contributed by atoms with E-state index >= 15 is 0 Å². The van der Waals surface area contributed by atoms with Crippen molar-refractivity contribution >= 4 is 33.4 Å². The van der Waals surface area contributed by atoms with E-state index in [0.717, 1.165) is 16.3 Å². The summed E-state index contributed by atoms with van der Waals surface area (Å²) in [7, 11) is 0. The van der Waals surface area contributed by atoms with Crippen LogP contribution in [0.15, 0.2) is 121 Å². The summed E-state index contributed by atoms with van der Waals surface area (Å²) in [6, 6.07) is 42.7. The van der Waals surface area contributed by atoms with Crippen molar-refractivity contribution < 1.29 is 0 Å². The Hall–Kier alpha value is -3.81. The SMILES string of the molecule is Clc1ccc(-c2ccc3c4ccccc4n(-c4cccc(-c5ccccc5)c4)c3c2)cc1. The molecule has 32 heavy (non-hydrogen) atoms. The van der Waals surface area contributed by atoms with Crippen LogP contribution in [0.4, 0.5) is 0 Å². The molecule has 0 spiro atoms. The fourth-order valence-corrected chi connectivity index (χ4v) is 4.65. The van der Waals surface area contributed by atoms with Crippen molar-refractivity contribution in [1.82, 2.24) is 4.57 Å². The second-order valence-corrected chi connectivity index (χ2v) is 8.44. The van der Waals surface area contributed by atoms with Gasteiger partial charge in [0.05, 0.1) is 11.0 Å². The Labute approximate surface area is 192 Å². The number of hydrogen-bond donors (Lipinski definition) is 0. The maximum atomic E-state index is 6.11. The molecular formula is C30H20ClN. The van der Waals surface area contributed by atoms with Crippen molar-refractivity contribution in [3.8, 4) is 27.9 Å². The molecule has 0 N–H and O–H groups in total. The number of aromatic nitrogens is 1. The van der Waals surface area contributed by atoms with Gasteiger partial charge in [-0.3, -0.25) is 0 Å². The quantitative estimate of drug-likeness (QED) is 0.265. The van der Waals surface area contributed by atoms with Crippen LogP contribution in [0, 0.1) is 0 Å². The average molecular weight is 430 g/mol. The van der Waals surface area contributed by atoms with Crippen LogP contribution < -0.4 is 0 Å². The summed E-state index contributed by atoms with van der Waals surface area (Å²) < 4.78 is 2.37. The Morgan fingerprint density at radius 1 is 0.438 bits per heavy atom. The molecule has 152 valence electrons. The molecule has 0 amide bonds. The van der Waals surface area contributed by atoms with Crippen LogP contribution >= 0.6 is 11.6 Å². The number of nitrogens with zero attached hydrogens (tertiary/aromatic N) is 1. The molecule has 0 unspecified atom stereocenters. The van der Waals surface area contributed by atoms with Crippen molar-refractivity contribution in [1.29, 1.82) is 0 Å². The van der Waals surface area contributed by atoms with Gasteiger partial charge in [-0.25, -0.2) is 0 Å². The minimum atomic E-state index is 0.752. The first kappa shape index (κ1) is 18.9. The van der Waals surface area contributed by atoms with Crippen LogP contribution in [0.5, 0.6) is 0 Å². The zero-order valence-corrected chi connectivity index (χ0v) is 18.1. The van der Waals surface area contributed by atoms with Crippen molar-refractivity contribution in [2.75, 3.05) is 0 Å². The van der Waals surface area contributed by atoms with Crippen molar-refractivity contribution in [2.24, 2.45) is 0 Å². The lowest BCUT2D eigenvalue weighted by Gasteiger charge is -2.11. The number of para-hydroxylation sites is 1. The Balaban J connectivity index is 1.61. The Morgan fingerprint density at radius 3 is 1.91 bits per heavy atom. The average Bonchev–Trinajstić information content (AvgIpc) is 3.19. The van der Waals surface area contributed by atoms with Gasteiger partial charge in [0.15, 0.2) is 0 Å². The number of benzene rings is 5. The van der Waals surface area contributed by atoms with Gasteiger partial charge in [0.1, 0.15) is 0 Å². The van der Waals surface area contributed by atoms with Gasteiger partial charge in [-0.1, -0.05) is 96.5 Å². The van der Waals surface area contributed by atoms with Gasteiger partial charge < -0.3 is 4.57 Å². The van der Waals surface area contributed by atoms with E-state index < -0.39 is 0 Å². The van der Waals surface area contributed by atoms with E-state index in [1.165, 1.54) is 38.5 Å². The summed E-state index contributed by atoms with van der Waals surface area (Å²) in [5.74, 6) is 0. The van der Waals surface area contributed by atoms with Crippen LogP contribution in [0.3, 0.4) is 0 Å². The number of fused-ring (bicyclic) bond motifs is 3. The molecule has 6 rings (SSSR count). The minimum Gasteiger partial charge on any atom is -0.309 e. The third kappa shape index (κ3) is 3.19. The third-order valence-corrected chi connectivity index (χ3v) is 6.31. The molecule has 0 radical (unpaired) electrons. The molecule has 0 saturated heterocycles. The standard InChI is InChI=1S/C30H20ClN/c31-25-16-13-22(14-17-25)24-15-18-28-27-11-4-5-12-29(27)32(30(28)20-24)26-10-6-9-23(19-26)21-7-2-1-3-8-21/h1-20H. The highest BCUT2D eigenvalue weighted by atomic mass is 35.5. The molecule has 1 aromatic heterocycles. The molecule has 1 nitrogen and oxygen atoms in total. The smallest absolute Gasteiger partial charge is 0.0547 e. The molecule has 5 aromatic carbocycles. The van der Waals surface area contributed by atoms with E-state index in [4.69, 9.17) is 11.6 Å². The molecule has 0 bridgehead atoms. The van der Waals surface area contributed by atoms with Gasteiger partial charge in [-0.15, -0.1) is 0 Å². The van der Waals surface area contributed by atoms with Crippen LogP contribution in [0.2, 0.25) is 5.02 Å². The summed E-state index contributed by atoms with van der Waals surface area (Å²) in [6.45, 7) is 0. The topological polar surface area (TPSA) is 4.93 Å². The van der Waals surface area contributed by atoms with E-state index in [0.29, 0.717) is 0 Å². The van der Waals surface area contributed by atoms with E-state index in [1.807, 2.05) is 12.1 Å². The Kier molecular flexibility index (Phi) is 4.56. The van der Waals surface area contributed by atoms with Gasteiger partial charge in [0.25, 0.3) is 0 Å². The zero-order chi connectivity index (χ0) is 21.5.